The highest BCUT2D eigenvalue weighted by atomic mass is 19.4. The Balaban J connectivity index is 1.37. The van der Waals surface area contributed by atoms with Crippen molar-refractivity contribution in [2.24, 2.45) is 17.2 Å². The summed E-state index contributed by atoms with van der Waals surface area (Å²) in [6, 6.07) is 8.93. The Morgan fingerprint density at radius 1 is 1.02 bits per heavy atom. The third-order valence-electron chi connectivity index (χ3n) is 7.87. The van der Waals surface area contributed by atoms with Gasteiger partial charge in [-0.2, -0.15) is 13.2 Å². The molecule has 5 atom stereocenters. The summed E-state index contributed by atoms with van der Waals surface area (Å²) < 4.78 is 44.5. The summed E-state index contributed by atoms with van der Waals surface area (Å²) in [5.41, 5.74) is 19.1. The molecule has 2 aliphatic rings. The molecule has 0 spiro atoms. The van der Waals surface area contributed by atoms with Gasteiger partial charge in [0.15, 0.2) is 0 Å². The molecule has 1 saturated heterocycles. The van der Waals surface area contributed by atoms with E-state index in [2.05, 4.69) is 10.6 Å². The van der Waals surface area contributed by atoms with Gasteiger partial charge in [0.25, 0.3) is 0 Å². The summed E-state index contributed by atoms with van der Waals surface area (Å²) in [7, 11) is -1.14. The molecule has 4 rings (SSSR count). The standard InChI is InChI=1S/C29H38BF3N6O5/c31-29(32,33)18-8-5-17(6-9-18)7-11-24(28(42)37-14-25-21-3-1-2-4-22(21)30(43)44-25)38-27(41)23(36)10-12-26(40)39-15-19(34)13-20(35)16-39/h1-6,8-9,19-20,23-25,43H,7,10-16,34-36H2,(H,37,42)(H,38,41). The van der Waals surface area contributed by atoms with Crippen molar-refractivity contribution in [3.63, 3.8) is 0 Å². The number of halogens is 3. The minimum atomic E-state index is -4.48. The molecule has 9 N–H and O–H groups in total. The molecule has 0 aliphatic carbocycles. The van der Waals surface area contributed by atoms with Crippen molar-refractivity contribution in [1.29, 1.82) is 0 Å². The number of alkyl halides is 3. The van der Waals surface area contributed by atoms with Crippen LogP contribution in [-0.4, -0.2) is 78.6 Å². The molecule has 238 valence electrons. The van der Waals surface area contributed by atoms with E-state index < -0.39 is 48.9 Å². The van der Waals surface area contributed by atoms with Gasteiger partial charge in [0.05, 0.1) is 17.7 Å². The van der Waals surface area contributed by atoms with Gasteiger partial charge in [0, 0.05) is 38.1 Å². The van der Waals surface area contributed by atoms with E-state index >= 15 is 0 Å². The molecular formula is C29H38BF3N6O5. The predicted octanol–water partition coefficient (Wildman–Crippen LogP) is -0.308. The van der Waals surface area contributed by atoms with Crippen LogP contribution in [0.25, 0.3) is 0 Å². The van der Waals surface area contributed by atoms with Gasteiger partial charge in [-0.25, -0.2) is 0 Å². The van der Waals surface area contributed by atoms with E-state index in [1.54, 1.807) is 29.2 Å². The Morgan fingerprint density at radius 3 is 2.34 bits per heavy atom. The quantitative estimate of drug-likeness (QED) is 0.185. The SMILES string of the molecule is NC1CC(N)CN(C(=O)CCC(N)C(=O)NC(CCc2ccc(C(F)(F)F)cc2)C(=O)NCC2OB(O)c3ccccc32)C1. The highest BCUT2D eigenvalue weighted by molar-refractivity contribution is 6.61. The fraction of sp³-hybridized carbons (Fsp3) is 0.483. The van der Waals surface area contributed by atoms with Crippen LogP contribution in [0.15, 0.2) is 48.5 Å². The van der Waals surface area contributed by atoms with Gasteiger partial charge in [0.2, 0.25) is 17.7 Å². The summed E-state index contributed by atoms with van der Waals surface area (Å²) in [5, 5.41) is 15.5. The van der Waals surface area contributed by atoms with Crippen LogP contribution in [0.5, 0.6) is 0 Å². The Bertz CT molecular complexity index is 1310. The first-order valence-electron chi connectivity index (χ1n) is 14.5. The van der Waals surface area contributed by atoms with Gasteiger partial charge in [-0.3, -0.25) is 14.4 Å². The van der Waals surface area contributed by atoms with Crippen molar-refractivity contribution in [2.45, 2.75) is 68.6 Å². The minimum Gasteiger partial charge on any atom is -0.423 e. The van der Waals surface area contributed by atoms with Gasteiger partial charge in [0.1, 0.15) is 6.04 Å². The molecule has 0 radical (unpaired) electrons. The zero-order chi connectivity index (χ0) is 32.0. The average Bonchev–Trinajstić information content (AvgIpc) is 3.30. The monoisotopic (exact) mass is 618 g/mol. The predicted molar refractivity (Wildman–Crippen MR) is 157 cm³/mol. The van der Waals surface area contributed by atoms with Crippen LogP contribution in [0.2, 0.25) is 0 Å². The fourth-order valence-corrected chi connectivity index (χ4v) is 5.48. The lowest BCUT2D eigenvalue weighted by atomic mass is 9.79. The second-order valence-corrected chi connectivity index (χ2v) is 11.3. The molecule has 2 aromatic rings. The van der Waals surface area contributed by atoms with Crippen molar-refractivity contribution in [3.05, 3.63) is 65.2 Å². The Morgan fingerprint density at radius 2 is 1.68 bits per heavy atom. The highest BCUT2D eigenvalue weighted by Gasteiger charge is 2.35. The van der Waals surface area contributed by atoms with Crippen LogP contribution in [-0.2, 0) is 31.6 Å². The lowest BCUT2D eigenvalue weighted by Gasteiger charge is -2.34. The number of aryl methyl sites for hydroxylation is 1. The number of carbonyl (C=O) groups excluding carboxylic acids is 3. The zero-order valence-corrected chi connectivity index (χ0v) is 24.1. The molecule has 2 heterocycles. The van der Waals surface area contributed by atoms with E-state index in [1.165, 1.54) is 12.1 Å². The lowest BCUT2D eigenvalue weighted by Crippen LogP contribution is -2.54. The maximum Gasteiger partial charge on any atom is 0.492 e. The molecule has 3 amide bonds. The average molecular weight is 618 g/mol. The first kappa shape index (κ1) is 33.4. The number of nitrogens with one attached hydrogen (secondary N) is 2. The van der Waals surface area contributed by atoms with Crippen LogP contribution in [0, 0.1) is 0 Å². The van der Waals surface area contributed by atoms with Crippen LogP contribution < -0.4 is 33.3 Å². The molecule has 2 aliphatic heterocycles. The number of likely N-dealkylation sites (tertiary alicyclic amines) is 1. The molecule has 2 aromatic carbocycles. The first-order valence-corrected chi connectivity index (χ1v) is 14.5. The molecule has 5 unspecified atom stereocenters. The number of fused-ring (bicyclic) bond motifs is 1. The molecule has 1 fully saturated rings. The Hall–Kier alpha value is -3.50. The van der Waals surface area contributed by atoms with Crippen molar-refractivity contribution in [2.75, 3.05) is 19.6 Å². The van der Waals surface area contributed by atoms with E-state index in [4.69, 9.17) is 21.9 Å². The number of nitrogens with zero attached hydrogens (tertiary/aromatic N) is 1. The number of piperidine rings is 1. The number of hydrogen-bond acceptors (Lipinski definition) is 8. The topological polar surface area (TPSA) is 186 Å². The third kappa shape index (κ3) is 8.79. The highest BCUT2D eigenvalue weighted by Crippen LogP contribution is 2.29. The van der Waals surface area contributed by atoms with Crippen LogP contribution in [0.3, 0.4) is 0 Å². The van der Waals surface area contributed by atoms with E-state index in [9.17, 15) is 32.6 Å². The molecule has 15 heteroatoms. The number of hydrogen-bond donors (Lipinski definition) is 6. The molecule has 0 aromatic heterocycles. The van der Waals surface area contributed by atoms with Crippen molar-refractivity contribution >= 4 is 30.3 Å². The molecular weight excluding hydrogens is 580 g/mol. The summed E-state index contributed by atoms with van der Waals surface area (Å²) in [6.07, 6.45) is -4.25. The maximum absolute atomic E-state index is 13.3. The fourth-order valence-electron chi connectivity index (χ4n) is 5.48. The largest absolute Gasteiger partial charge is 0.492 e. The lowest BCUT2D eigenvalue weighted by molar-refractivity contribution is -0.137. The van der Waals surface area contributed by atoms with Crippen LogP contribution in [0.1, 0.15) is 48.5 Å². The Labute approximate surface area is 253 Å². The maximum atomic E-state index is 13.3. The van der Waals surface area contributed by atoms with E-state index in [0.717, 1.165) is 12.1 Å². The van der Waals surface area contributed by atoms with Gasteiger partial charge >= 0.3 is 13.3 Å². The first-order chi connectivity index (χ1) is 20.8. The third-order valence-corrected chi connectivity index (χ3v) is 7.87. The molecule has 11 nitrogen and oxygen atoms in total. The van der Waals surface area contributed by atoms with Crippen molar-refractivity contribution in [1.82, 2.24) is 15.5 Å². The van der Waals surface area contributed by atoms with E-state index in [-0.39, 0.29) is 50.2 Å². The second-order valence-electron chi connectivity index (χ2n) is 11.3. The van der Waals surface area contributed by atoms with Gasteiger partial charge in [-0.15, -0.1) is 0 Å². The zero-order valence-electron chi connectivity index (χ0n) is 24.1. The number of amides is 3. The summed E-state index contributed by atoms with van der Waals surface area (Å²) in [6.45, 7) is 0.735. The molecule has 0 bridgehead atoms. The summed E-state index contributed by atoms with van der Waals surface area (Å²) >= 11 is 0. The molecule has 0 saturated carbocycles. The van der Waals surface area contributed by atoms with Crippen molar-refractivity contribution in [3.8, 4) is 0 Å². The number of rotatable bonds is 11. The van der Waals surface area contributed by atoms with Gasteiger partial charge < -0.3 is 42.4 Å². The van der Waals surface area contributed by atoms with Gasteiger partial charge in [-0.1, -0.05) is 36.4 Å². The summed E-state index contributed by atoms with van der Waals surface area (Å²) in [5.74, 6) is -1.45. The number of carbonyl (C=O) groups is 3. The van der Waals surface area contributed by atoms with Crippen molar-refractivity contribution < 1.29 is 37.2 Å². The van der Waals surface area contributed by atoms with E-state index in [1.807, 2.05) is 0 Å². The molecule has 44 heavy (non-hydrogen) atoms. The second kappa shape index (κ2) is 14.5. The summed E-state index contributed by atoms with van der Waals surface area (Å²) in [4.78, 5) is 40.5. The smallest absolute Gasteiger partial charge is 0.423 e. The van der Waals surface area contributed by atoms with Gasteiger partial charge in [-0.05, 0) is 54.4 Å². The number of nitrogens with two attached hydrogens (primary N) is 3. The number of benzene rings is 2. The van der Waals surface area contributed by atoms with Crippen LogP contribution in [0.4, 0.5) is 13.2 Å². The van der Waals surface area contributed by atoms with Crippen LogP contribution >= 0.6 is 0 Å². The normalized spacial score (nSPS) is 21.4. The minimum absolute atomic E-state index is 0.000219. The Kier molecular flexibility index (Phi) is 11.0. The van der Waals surface area contributed by atoms with E-state index in [0.29, 0.717) is 36.1 Å².